The Bertz CT molecular complexity index is 2370. The number of halogens is 2. The van der Waals surface area contributed by atoms with E-state index in [0.29, 0.717) is 11.8 Å². The van der Waals surface area contributed by atoms with Gasteiger partial charge in [-0.3, -0.25) is 0 Å². The summed E-state index contributed by atoms with van der Waals surface area (Å²) in [6, 6.07) is 58.4. The van der Waals surface area contributed by atoms with Gasteiger partial charge >= 0.3 is 37.9 Å². The van der Waals surface area contributed by atoms with Crippen molar-refractivity contribution in [2.75, 3.05) is 0 Å². The van der Waals surface area contributed by atoms with Gasteiger partial charge in [0.2, 0.25) is 0 Å². The van der Waals surface area contributed by atoms with Gasteiger partial charge in [0.1, 0.15) is 0 Å². The Balaban J connectivity index is 0.000000208. The van der Waals surface area contributed by atoms with Crippen molar-refractivity contribution >= 4 is 48.1 Å². The number of hydrogen-bond donors (Lipinski definition) is 0. The van der Waals surface area contributed by atoms with Crippen LogP contribution in [-0.2, 0) is 33.7 Å². The first-order chi connectivity index (χ1) is 30.2. The minimum atomic E-state index is -0.826. The third kappa shape index (κ3) is 12.7. The van der Waals surface area contributed by atoms with Crippen LogP contribution in [0, 0.1) is 0 Å². The average molecular weight is 951 g/mol. The normalized spacial score (nSPS) is 10.8. The number of aryl methyl sites for hydroxylation is 2. The summed E-state index contributed by atoms with van der Waals surface area (Å²) in [6.45, 7) is 18.0. The van der Waals surface area contributed by atoms with E-state index in [4.69, 9.17) is 17.0 Å². The molecule has 0 aliphatic heterocycles. The predicted molar refractivity (Wildman–Crippen MR) is 275 cm³/mol. The Hall–Kier alpha value is -3.78. The van der Waals surface area contributed by atoms with Gasteiger partial charge in [-0.05, 0) is 69.2 Å². The van der Waals surface area contributed by atoms with Crippen molar-refractivity contribution in [2.24, 2.45) is 0 Å². The predicted octanol–water partition coefficient (Wildman–Crippen LogP) is 18.9. The summed E-state index contributed by atoms with van der Waals surface area (Å²) >= 11 is -0.826. The van der Waals surface area contributed by atoms with Gasteiger partial charge in [-0.1, -0.05) is 213 Å². The number of hydrogen-bond acceptors (Lipinski definition) is 0. The van der Waals surface area contributed by atoms with Gasteiger partial charge in [0.15, 0.2) is 0 Å². The van der Waals surface area contributed by atoms with E-state index in [1.807, 2.05) is 0 Å². The summed E-state index contributed by atoms with van der Waals surface area (Å²) in [6.07, 6.45) is 7.30. The molecule has 8 rings (SSSR count). The van der Waals surface area contributed by atoms with E-state index in [1.54, 1.807) is 0 Å². The van der Waals surface area contributed by atoms with Crippen molar-refractivity contribution in [2.45, 2.75) is 105 Å². The molecular weight excluding hydrogens is 887 g/mol. The molecular formula is C58H64Cl2SiZr. The molecule has 0 unspecified atom stereocenters. The van der Waals surface area contributed by atoms with E-state index < -0.39 is 20.8 Å². The molecule has 0 aromatic heterocycles. The fourth-order valence-corrected chi connectivity index (χ4v) is 8.49. The van der Waals surface area contributed by atoms with Gasteiger partial charge in [0.25, 0.3) is 0 Å². The van der Waals surface area contributed by atoms with E-state index in [9.17, 15) is 0 Å². The summed E-state index contributed by atoms with van der Waals surface area (Å²) in [7, 11) is 11.0. The number of rotatable bonds is 12. The number of unbranched alkanes of at least 4 members (excludes halogenated alkanes) is 2. The Morgan fingerprint density at radius 2 is 0.823 bits per heavy atom. The third-order valence-corrected chi connectivity index (χ3v) is 11.4. The Morgan fingerprint density at radius 3 is 1.16 bits per heavy atom. The maximum absolute atomic E-state index is 4.93. The molecule has 0 bridgehead atoms. The van der Waals surface area contributed by atoms with E-state index in [1.165, 1.54) is 114 Å². The first-order valence-corrected chi connectivity index (χ1v) is 30.8. The van der Waals surface area contributed by atoms with E-state index in [-0.39, 0.29) is 0 Å². The van der Waals surface area contributed by atoms with E-state index >= 15 is 0 Å². The van der Waals surface area contributed by atoms with E-state index in [0.717, 1.165) is 22.4 Å². The van der Waals surface area contributed by atoms with Crippen LogP contribution in [0.2, 0.25) is 13.1 Å². The van der Waals surface area contributed by atoms with Gasteiger partial charge in [-0.2, -0.15) is 12.1 Å². The molecule has 8 aromatic rings. The molecule has 0 N–H and O–H groups in total. The quantitative estimate of drug-likeness (QED) is 0.0846. The van der Waals surface area contributed by atoms with Crippen LogP contribution in [0.25, 0.3) is 66.1 Å². The molecule has 0 atom stereocenters. The van der Waals surface area contributed by atoms with Gasteiger partial charge in [-0.25, -0.2) is 0 Å². The molecule has 0 spiro atoms. The standard InChI is InChI=1S/2C28H29.C2H6Si.2ClH.Zr/c2*1-4-5-11-21-18-23-16-17-25(22-12-7-6-8-13-22)28(27(23)19-21)26-15-10-9-14-24(26)20(2)3;1-3-2;;;/h2*6-10,12-20H,4-5,11H2,1-3H3;1-2H3;2*1H;/q2*-1;;;;+4/p-2. The number of fused-ring (bicyclic) bond motifs is 2. The summed E-state index contributed by atoms with van der Waals surface area (Å²) < 4.78 is 0. The first kappa shape index (κ1) is 49.2. The topological polar surface area (TPSA) is 0 Å². The molecule has 0 aliphatic carbocycles. The van der Waals surface area contributed by atoms with Crippen LogP contribution in [0.1, 0.15) is 101 Å². The van der Waals surface area contributed by atoms with Crippen molar-refractivity contribution in [1.82, 2.24) is 0 Å². The third-order valence-electron chi connectivity index (χ3n) is 11.4. The first-order valence-electron chi connectivity index (χ1n) is 22.5. The second-order valence-corrected chi connectivity index (χ2v) is 21.4. The number of benzene rings is 6. The van der Waals surface area contributed by atoms with Gasteiger partial charge in [0, 0.05) is 9.52 Å². The second-order valence-electron chi connectivity index (χ2n) is 16.7. The molecule has 0 fully saturated rings. The maximum atomic E-state index is 4.93. The van der Waals surface area contributed by atoms with Crippen molar-refractivity contribution in [3.8, 4) is 44.5 Å². The molecule has 0 nitrogen and oxygen atoms in total. The Kier molecular flexibility index (Phi) is 20.2. The zero-order valence-corrected chi connectivity index (χ0v) is 43.1. The van der Waals surface area contributed by atoms with Crippen molar-refractivity contribution < 1.29 is 20.8 Å². The summed E-state index contributed by atoms with van der Waals surface area (Å²) in [5.41, 5.74) is 16.5. The van der Waals surface area contributed by atoms with Crippen molar-refractivity contribution in [3.05, 3.63) is 180 Å². The molecule has 8 aromatic carbocycles. The molecule has 62 heavy (non-hydrogen) atoms. The fourth-order valence-electron chi connectivity index (χ4n) is 8.49. The summed E-state index contributed by atoms with van der Waals surface area (Å²) in [5, 5.41) is 5.50. The molecule has 2 radical (unpaired) electrons. The van der Waals surface area contributed by atoms with Crippen LogP contribution < -0.4 is 0 Å². The molecule has 0 saturated carbocycles. The van der Waals surface area contributed by atoms with Crippen LogP contribution >= 0.6 is 17.0 Å². The molecule has 4 heteroatoms. The molecule has 0 aliphatic rings. The zero-order chi connectivity index (χ0) is 44.4. The molecule has 0 saturated heterocycles. The molecule has 318 valence electrons. The summed E-state index contributed by atoms with van der Waals surface area (Å²) in [4.78, 5) is 0. The molecule has 0 heterocycles. The van der Waals surface area contributed by atoms with Gasteiger partial charge < -0.3 is 0 Å². The summed E-state index contributed by atoms with van der Waals surface area (Å²) in [5.74, 6) is 0.981. The Labute approximate surface area is 395 Å². The SMILES string of the molecule is CCCCc1cc2c(-c3ccccc3C(C)C)c(-c3ccccc3)ccc2[cH-]1.CCCCc1cc2c(-c3ccccc3C(C)C)c(-c3ccccc3)ccc2[cH-]1.C[Si]C.[Cl][Zr+2][Cl]. The fraction of sp³-hybridized carbons (Fsp3) is 0.276. The van der Waals surface area contributed by atoms with Gasteiger partial charge in [-0.15, -0.1) is 56.9 Å². The average Bonchev–Trinajstić information content (AvgIpc) is 3.92. The van der Waals surface area contributed by atoms with Crippen LogP contribution in [0.15, 0.2) is 158 Å². The Morgan fingerprint density at radius 1 is 0.484 bits per heavy atom. The van der Waals surface area contributed by atoms with Crippen LogP contribution in [-0.4, -0.2) is 9.52 Å². The van der Waals surface area contributed by atoms with E-state index in [2.05, 4.69) is 212 Å². The monoisotopic (exact) mass is 948 g/mol. The van der Waals surface area contributed by atoms with Crippen LogP contribution in [0.4, 0.5) is 0 Å². The minimum absolute atomic E-state index is 0.490. The van der Waals surface area contributed by atoms with Crippen molar-refractivity contribution in [1.29, 1.82) is 0 Å². The van der Waals surface area contributed by atoms with Crippen molar-refractivity contribution in [3.63, 3.8) is 0 Å². The van der Waals surface area contributed by atoms with Crippen LogP contribution in [0.3, 0.4) is 0 Å². The van der Waals surface area contributed by atoms with Crippen LogP contribution in [0.5, 0.6) is 0 Å². The van der Waals surface area contributed by atoms with Gasteiger partial charge in [0.05, 0.1) is 0 Å². The molecule has 0 amide bonds. The second kappa shape index (κ2) is 25.5. The zero-order valence-electron chi connectivity index (χ0n) is 38.2.